The quantitative estimate of drug-likeness (QED) is 0.326. The fraction of sp³-hybridized carbons (Fsp3) is 0. The van der Waals surface area contributed by atoms with Crippen molar-refractivity contribution in [2.24, 2.45) is 0 Å². The molecule has 0 fully saturated rings. The molecule has 0 bridgehead atoms. The summed E-state index contributed by atoms with van der Waals surface area (Å²) < 4.78 is 9.64. The molecule has 1 aromatic carbocycles. The Morgan fingerprint density at radius 1 is 1.00 bits per heavy atom. The summed E-state index contributed by atoms with van der Waals surface area (Å²) in [6.45, 7) is 0. The van der Waals surface area contributed by atoms with E-state index in [-0.39, 0.29) is 22.1 Å². The minimum absolute atomic E-state index is 0.0764. The molecule has 0 saturated heterocycles. The first-order valence-electron chi connectivity index (χ1n) is 2.65. The number of rotatable bonds is 0. The Morgan fingerprint density at radius 3 is 1.50 bits per heavy atom. The van der Waals surface area contributed by atoms with E-state index in [4.69, 9.17) is 10.2 Å². The number of phenols is 2. The monoisotopic (exact) mass is 160 g/mol. The predicted octanol–water partition coefficient (Wildman–Crippen LogP) is 0.334. The predicted molar refractivity (Wildman–Crippen MR) is 40.8 cm³/mol. The number of halogens is 1. The van der Waals surface area contributed by atoms with Crippen molar-refractivity contribution in [1.82, 2.24) is 0 Å². The van der Waals surface area contributed by atoms with Gasteiger partial charge in [-0.3, -0.25) is 0 Å². The number of aromatic hydroxyl groups is 2. The topological polar surface area (TPSA) is 40.5 Å². The molecule has 4 heteroatoms. The van der Waals surface area contributed by atoms with Gasteiger partial charge in [-0.25, -0.2) is 0 Å². The van der Waals surface area contributed by atoms with E-state index in [9.17, 15) is 4.11 Å². The molecule has 0 amide bonds. The molecule has 0 radical (unpaired) electrons. The van der Waals surface area contributed by atoms with Crippen LogP contribution in [0.4, 0.5) is 4.11 Å². The van der Waals surface area contributed by atoms with E-state index in [1.165, 1.54) is 12.1 Å². The van der Waals surface area contributed by atoms with E-state index in [2.05, 4.69) is 0 Å². The molecule has 0 unspecified atom stereocenters. The van der Waals surface area contributed by atoms with Crippen LogP contribution in [0.5, 0.6) is 11.5 Å². The molecular formula is C6H9FO2Si. The number of benzene rings is 1. The molecule has 0 aliphatic heterocycles. The second kappa shape index (κ2) is 4.81. The molecule has 2 N–H and O–H groups in total. The standard InChI is InChI=1S/C6H6O2.FH3Si/c7-5-3-1-2-4-6(5)8;1-2/h1-4,7-8H;2H3. The molecule has 0 aliphatic rings. The maximum absolute atomic E-state index is 9.64. The zero-order valence-corrected chi connectivity index (χ0v) is 7.58. The Morgan fingerprint density at radius 2 is 1.30 bits per heavy atom. The first-order valence-corrected chi connectivity index (χ1v) is 3.41. The Bertz CT molecular complexity index is 172. The molecule has 0 aliphatic carbocycles. The zero-order valence-electron chi connectivity index (χ0n) is 5.58. The third-order valence-electron chi connectivity index (χ3n) is 0.882. The number of hydrogen-bond donors (Lipinski definition) is 2. The van der Waals surface area contributed by atoms with Crippen molar-refractivity contribution >= 4 is 10.6 Å². The Labute approximate surface area is 61.5 Å². The minimum Gasteiger partial charge on any atom is -0.504 e. The normalized spacial score (nSPS) is 8.10. The van der Waals surface area contributed by atoms with Crippen molar-refractivity contribution in [3.63, 3.8) is 0 Å². The molecule has 0 aromatic heterocycles. The summed E-state index contributed by atoms with van der Waals surface area (Å²) in [5.41, 5.74) is 0. The fourth-order valence-electron chi connectivity index (χ4n) is 0.464. The Hall–Kier alpha value is -1.03. The van der Waals surface area contributed by atoms with Gasteiger partial charge in [0, 0.05) is 0 Å². The van der Waals surface area contributed by atoms with Gasteiger partial charge in [-0.2, -0.15) is 0 Å². The Balaban J connectivity index is 0.000000371. The average Bonchev–Trinajstić information content (AvgIpc) is 2.00. The summed E-state index contributed by atoms with van der Waals surface area (Å²) in [5.74, 6) is -0.153. The van der Waals surface area contributed by atoms with E-state index < -0.39 is 0 Å². The summed E-state index contributed by atoms with van der Waals surface area (Å²) >= 11 is 0. The highest BCUT2D eigenvalue weighted by atomic mass is 28.2. The lowest BCUT2D eigenvalue weighted by Gasteiger charge is -1.91. The Kier molecular flexibility index (Phi) is 4.31. The van der Waals surface area contributed by atoms with Gasteiger partial charge in [0.05, 0.1) is 0 Å². The van der Waals surface area contributed by atoms with Crippen LogP contribution in [0.25, 0.3) is 0 Å². The molecular weight excluding hydrogens is 151 g/mol. The van der Waals surface area contributed by atoms with Crippen LogP contribution in [-0.2, 0) is 0 Å². The van der Waals surface area contributed by atoms with Gasteiger partial charge >= 0.3 is 0 Å². The van der Waals surface area contributed by atoms with E-state index >= 15 is 0 Å². The van der Waals surface area contributed by atoms with Crippen LogP contribution in [0.1, 0.15) is 0 Å². The molecule has 0 spiro atoms. The highest BCUT2D eigenvalue weighted by Gasteiger charge is 1.90. The van der Waals surface area contributed by atoms with Gasteiger partial charge in [-0.1, -0.05) is 12.1 Å². The van der Waals surface area contributed by atoms with Gasteiger partial charge in [-0.05, 0) is 12.1 Å². The summed E-state index contributed by atoms with van der Waals surface area (Å²) in [6, 6.07) is 6.15. The lowest BCUT2D eigenvalue weighted by atomic mass is 10.3. The molecule has 0 heterocycles. The zero-order chi connectivity index (χ0) is 7.98. The average molecular weight is 160 g/mol. The number of hydrogen-bond acceptors (Lipinski definition) is 2. The van der Waals surface area contributed by atoms with E-state index in [1.807, 2.05) is 0 Å². The highest BCUT2D eigenvalue weighted by molar-refractivity contribution is 5.96. The van der Waals surface area contributed by atoms with Crippen molar-refractivity contribution in [2.75, 3.05) is 0 Å². The molecule has 1 aromatic rings. The summed E-state index contributed by atoms with van der Waals surface area (Å²) in [5, 5.41) is 17.3. The molecule has 1 rings (SSSR count). The van der Waals surface area contributed by atoms with Crippen LogP contribution in [0.15, 0.2) is 24.3 Å². The van der Waals surface area contributed by atoms with Crippen LogP contribution < -0.4 is 0 Å². The van der Waals surface area contributed by atoms with Crippen LogP contribution in [0, 0.1) is 0 Å². The SMILES string of the molecule is F[SiH3].Oc1ccccc1O. The third-order valence-corrected chi connectivity index (χ3v) is 0.882. The third kappa shape index (κ3) is 2.50. The summed E-state index contributed by atoms with van der Waals surface area (Å²) in [7, 11) is -0.194. The maximum atomic E-state index is 9.64. The van der Waals surface area contributed by atoms with E-state index in [1.54, 1.807) is 12.1 Å². The smallest absolute Gasteiger partial charge is 0.201 e. The van der Waals surface area contributed by atoms with Crippen LogP contribution in [0.3, 0.4) is 0 Å². The van der Waals surface area contributed by atoms with E-state index in [0.717, 1.165) is 0 Å². The second-order valence-corrected chi connectivity index (χ2v) is 1.49. The second-order valence-electron chi connectivity index (χ2n) is 1.49. The maximum Gasteiger partial charge on any atom is 0.201 e. The first kappa shape index (κ1) is 8.97. The summed E-state index contributed by atoms with van der Waals surface area (Å²) in [6.07, 6.45) is 0. The van der Waals surface area contributed by atoms with Gasteiger partial charge in [-0.15, -0.1) is 0 Å². The van der Waals surface area contributed by atoms with Gasteiger partial charge < -0.3 is 14.3 Å². The van der Waals surface area contributed by atoms with Crippen molar-refractivity contribution in [1.29, 1.82) is 0 Å². The minimum atomic E-state index is -0.194. The van der Waals surface area contributed by atoms with Crippen LogP contribution in [0.2, 0.25) is 0 Å². The van der Waals surface area contributed by atoms with Crippen molar-refractivity contribution in [3.05, 3.63) is 24.3 Å². The lowest BCUT2D eigenvalue weighted by molar-refractivity contribution is 0.404. The number of phenolic OH excluding ortho intramolecular Hbond substituents is 2. The first-order chi connectivity index (χ1) is 4.80. The lowest BCUT2D eigenvalue weighted by Crippen LogP contribution is -1.63. The molecule has 0 atom stereocenters. The molecule has 10 heavy (non-hydrogen) atoms. The molecule has 0 saturated carbocycles. The van der Waals surface area contributed by atoms with Crippen molar-refractivity contribution in [2.45, 2.75) is 0 Å². The van der Waals surface area contributed by atoms with Crippen molar-refractivity contribution in [3.8, 4) is 11.5 Å². The number of para-hydroxylation sites is 2. The summed E-state index contributed by atoms with van der Waals surface area (Å²) in [4.78, 5) is 0. The van der Waals surface area contributed by atoms with Gasteiger partial charge in [0.15, 0.2) is 11.5 Å². The van der Waals surface area contributed by atoms with E-state index in [0.29, 0.717) is 0 Å². The van der Waals surface area contributed by atoms with Crippen LogP contribution >= 0.6 is 0 Å². The molecule has 2 nitrogen and oxygen atoms in total. The van der Waals surface area contributed by atoms with Gasteiger partial charge in [0.25, 0.3) is 0 Å². The van der Waals surface area contributed by atoms with Gasteiger partial charge in [0.1, 0.15) is 0 Å². The van der Waals surface area contributed by atoms with Gasteiger partial charge in [0.2, 0.25) is 10.6 Å². The largest absolute Gasteiger partial charge is 0.504 e. The molecule has 56 valence electrons. The fourth-order valence-corrected chi connectivity index (χ4v) is 0.464. The van der Waals surface area contributed by atoms with Crippen LogP contribution in [-0.4, -0.2) is 20.8 Å². The van der Waals surface area contributed by atoms with Crippen molar-refractivity contribution < 1.29 is 14.3 Å². The highest BCUT2D eigenvalue weighted by Crippen LogP contribution is 2.21.